The molecule has 102 valence electrons. The Kier molecular flexibility index (Phi) is 3.71. The van der Waals surface area contributed by atoms with Crippen molar-refractivity contribution < 1.29 is 4.79 Å². The average molecular weight is 278 g/mol. The second-order valence-corrected chi connectivity index (χ2v) is 6.37. The third-order valence-electron chi connectivity index (χ3n) is 2.34. The number of nitrogen functional groups attached to an aromatic ring is 1. The molecule has 0 saturated carbocycles. The fourth-order valence-corrected chi connectivity index (χ4v) is 2.35. The highest BCUT2D eigenvalue weighted by Gasteiger charge is 2.14. The van der Waals surface area contributed by atoms with E-state index < -0.39 is 0 Å². The van der Waals surface area contributed by atoms with E-state index in [0.29, 0.717) is 11.4 Å². The number of fused-ring (bicyclic) bond motifs is 1. The molecule has 0 aliphatic heterocycles. The van der Waals surface area contributed by atoms with Crippen LogP contribution in [0, 0.1) is 0 Å². The number of hydrogen-bond donors (Lipinski definition) is 3. The predicted octanol–water partition coefficient (Wildman–Crippen LogP) is 2.15. The van der Waals surface area contributed by atoms with Gasteiger partial charge in [0.25, 0.3) is 0 Å². The van der Waals surface area contributed by atoms with E-state index in [-0.39, 0.29) is 11.4 Å². The molecule has 0 saturated heterocycles. The minimum Gasteiger partial charge on any atom is -0.399 e. The van der Waals surface area contributed by atoms with Gasteiger partial charge in [-0.3, -0.25) is 4.79 Å². The molecule has 4 N–H and O–H groups in total. The number of H-pyrrole nitrogens is 1. The first-order valence-corrected chi connectivity index (χ1v) is 7.01. The van der Waals surface area contributed by atoms with Gasteiger partial charge in [0.15, 0.2) is 5.16 Å². The van der Waals surface area contributed by atoms with E-state index in [2.05, 4.69) is 15.3 Å². The first kappa shape index (κ1) is 13.7. The molecule has 0 radical (unpaired) electrons. The zero-order valence-corrected chi connectivity index (χ0v) is 12.1. The molecule has 1 amide bonds. The molecule has 1 aromatic heterocycles. The highest BCUT2D eigenvalue weighted by molar-refractivity contribution is 7.99. The van der Waals surface area contributed by atoms with Gasteiger partial charge in [0, 0.05) is 11.2 Å². The van der Waals surface area contributed by atoms with Crippen molar-refractivity contribution in [3.05, 3.63) is 18.2 Å². The molecule has 0 fully saturated rings. The zero-order chi connectivity index (χ0) is 14.0. The van der Waals surface area contributed by atoms with Gasteiger partial charge < -0.3 is 16.0 Å². The van der Waals surface area contributed by atoms with Crippen molar-refractivity contribution in [1.82, 2.24) is 15.3 Å². The monoisotopic (exact) mass is 278 g/mol. The minimum atomic E-state index is -0.208. The second kappa shape index (κ2) is 5.13. The second-order valence-electron chi connectivity index (χ2n) is 5.41. The van der Waals surface area contributed by atoms with Crippen molar-refractivity contribution >= 4 is 34.4 Å². The summed E-state index contributed by atoms with van der Waals surface area (Å²) in [6.07, 6.45) is 0. The highest BCUT2D eigenvalue weighted by atomic mass is 32.2. The van der Waals surface area contributed by atoms with Crippen LogP contribution in [0.15, 0.2) is 23.4 Å². The van der Waals surface area contributed by atoms with E-state index in [1.54, 1.807) is 0 Å². The van der Waals surface area contributed by atoms with Gasteiger partial charge in [-0.25, -0.2) is 4.98 Å². The zero-order valence-electron chi connectivity index (χ0n) is 11.3. The van der Waals surface area contributed by atoms with Crippen molar-refractivity contribution in [3.8, 4) is 0 Å². The molecule has 0 aliphatic carbocycles. The Labute approximate surface area is 116 Å². The number of anilines is 1. The Balaban J connectivity index is 2.00. The summed E-state index contributed by atoms with van der Waals surface area (Å²) in [5.41, 5.74) is 7.93. The Hall–Kier alpha value is -1.69. The number of aromatic nitrogens is 2. The summed E-state index contributed by atoms with van der Waals surface area (Å²) >= 11 is 1.38. The van der Waals surface area contributed by atoms with Crippen LogP contribution in [0.4, 0.5) is 5.69 Å². The van der Waals surface area contributed by atoms with E-state index >= 15 is 0 Å². The van der Waals surface area contributed by atoms with Gasteiger partial charge in [-0.05, 0) is 39.0 Å². The minimum absolute atomic E-state index is 0.00234. The lowest BCUT2D eigenvalue weighted by atomic mass is 10.1. The summed E-state index contributed by atoms with van der Waals surface area (Å²) in [5.74, 6) is 0.338. The lowest BCUT2D eigenvalue weighted by molar-refractivity contribution is -0.119. The Morgan fingerprint density at radius 2 is 2.21 bits per heavy atom. The number of carbonyl (C=O) groups is 1. The van der Waals surface area contributed by atoms with Crippen LogP contribution >= 0.6 is 11.8 Å². The molecule has 5 nitrogen and oxygen atoms in total. The standard InChI is InChI=1S/C13H18N4OS/c1-13(2,3)17-11(18)7-19-12-15-9-5-4-8(14)6-10(9)16-12/h4-6H,7,14H2,1-3H3,(H,15,16)(H,17,18). The topological polar surface area (TPSA) is 83.8 Å². The molecule has 0 aliphatic rings. The maximum absolute atomic E-state index is 11.7. The number of carbonyl (C=O) groups excluding carboxylic acids is 1. The third kappa shape index (κ3) is 3.89. The maximum Gasteiger partial charge on any atom is 0.230 e. The molecule has 0 bridgehead atoms. The fraction of sp³-hybridized carbons (Fsp3) is 0.385. The maximum atomic E-state index is 11.7. The fourth-order valence-electron chi connectivity index (χ4n) is 1.66. The van der Waals surface area contributed by atoms with Gasteiger partial charge in [-0.1, -0.05) is 11.8 Å². The summed E-state index contributed by atoms with van der Waals surface area (Å²) in [7, 11) is 0. The molecule has 0 spiro atoms. The number of imidazole rings is 1. The van der Waals surface area contributed by atoms with Gasteiger partial charge >= 0.3 is 0 Å². The number of benzene rings is 1. The molecule has 1 aromatic carbocycles. The normalized spacial score (nSPS) is 11.7. The largest absolute Gasteiger partial charge is 0.399 e. The lowest BCUT2D eigenvalue weighted by Gasteiger charge is -2.19. The smallest absolute Gasteiger partial charge is 0.230 e. The summed E-state index contributed by atoms with van der Waals surface area (Å²) in [4.78, 5) is 19.2. The number of hydrogen-bond acceptors (Lipinski definition) is 4. The Morgan fingerprint density at radius 1 is 1.47 bits per heavy atom. The Morgan fingerprint density at radius 3 is 2.89 bits per heavy atom. The van der Waals surface area contributed by atoms with Crippen LogP contribution in [0.1, 0.15) is 20.8 Å². The van der Waals surface area contributed by atoms with Crippen molar-refractivity contribution in [2.75, 3.05) is 11.5 Å². The number of aromatic amines is 1. The highest BCUT2D eigenvalue weighted by Crippen LogP contribution is 2.21. The van der Waals surface area contributed by atoms with Crippen LogP contribution in [0.2, 0.25) is 0 Å². The molecular formula is C13H18N4OS. The molecule has 0 atom stereocenters. The van der Waals surface area contributed by atoms with Crippen LogP contribution in [-0.2, 0) is 4.79 Å². The summed E-state index contributed by atoms with van der Waals surface area (Å²) in [5, 5.41) is 3.64. The van der Waals surface area contributed by atoms with Crippen molar-refractivity contribution in [3.63, 3.8) is 0 Å². The van der Waals surface area contributed by atoms with Gasteiger partial charge in [0.1, 0.15) is 0 Å². The van der Waals surface area contributed by atoms with E-state index in [9.17, 15) is 4.79 Å². The van der Waals surface area contributed by atoms with E-state index in [0.717, 1.165) is 16.2 Å². The lowest BCUT2D eigenvalue weighted by Crippen LogP contribution is -2.41. The SMILES string of the molecule is CC(C)(C)NC(=O)CSc1nc2ccc(N)cc2[nH]1. The Bertz CT molecular complexity index is 600. The van der Waals surface area contributed by atoms with Gasteiger partial charge in [0.2, 0.25) is 5.91 Å². The average Bonchev–Trinajstić information content (AvgIpc) is 2.66. The van der Waals surface area contributed by atoms with E-state index in [1.165, 1.54) is 11.8 Å². The van der Waals surface area contributed by atoms with Crippen molar-refractivity contribution in [2.24, 2.45) is 0 Å². The van der Waals surface area contributed by atoms with Crippen LogP contribution < -0.4 is 11.1 Å². The van der Waals surface area contributed by atoms with Gasteiger partial charge in [-0.2, -0.15) is 0 Å². The first-order valence-electron chi connectivity index (χ1n) is 6.02. The molecule has 2 rings (SSSR count). The van der Waals surface area contributed by atoms with Gasteiger partial charge in [-0.15, -0.1) is 0 Å². The predicted molar refractivity (Wildman–Crippen MR) is 79.1 cm³/mol. The van der Waals surface area contributed by atoms with Crippen LogP contribution in [0.3, 0.4) is 0 Å². The molecule has 1 heterocycles. The molecular weight excluding hydrogens is 260 g/mol. The van der Waals surface area contributed by atoms with E-state index in [1.807, 2.05) is 39.0 Å². The number of nitrogens with one attached hydrogen (secondary N) is 2. The molecule has 0 unspecified atom stereocenters. The van der Waals surface area contributed by atoms with Crippen molar-refractivity contribution in [2.45, 2.75) is 31.5 Å². The van der Waals surface area contributed by atoms with Crippen LogP contribution in [0.5, 0.6) is 0 Å². The van der Waals surface area contributed by atoms with Crippen LogP contribution in [0.25, 0.3) is 11.0 Å². The first-order chi connectivity index (χ1) is 8.83. The number of rotatable bonds is 3. The van der Waals surface area contributed by atoms with E-state index in [4.69, 9.17) is 5.73 Å². The molecule has 6 heteroatoms. The number of nitrogens with zero attached hydrogens (tertiary/aromatic N) is 1. The van der Waals surface area contributed by atoms with Crippen LogP contribution in [-0.4, -0.2) is 27.2 Å². The quantitative estimate of drug-likeness (QED) is 0.593. The summed E-state index contributed by atoms with van der Waals surface area (Å²) in [6, 6.07) is 5.51. The van der Waals surface area contributed by atoms with Gasteiger partial charge in [0.05, 0.1) is 16.8 Å². The number of amides is 1. The molecule has 2 aromatic rings. The summed E-state index contributed by atoms with van der Waals surface area (Å²) < 4.78 is 0. The number of thioether (sulfide) groups is 1. The number of nitrogens with two attached hydrogens (primary N) is 1. The summed E-state index contributed by atoms with van der Waals surface area (Å²) in [6.45, 7) is 5.87. The molecule has 19 heavy (non-hydrogen) atoms. The third-order valence-corrected chi connectivity index (χ3v) is 3.21. The van der Waals surface area contributed by atoms with Crippen molar-refractivity contribution in [1.29, 1.82) is 0 Å².